The van der Waals surface area contributed by atoms with E-state index in [1.807, 2.05) is 38.1 Å². The number of nitrogens with one attached hydrogen (secondary N) is 1. The summed E-state index contributed by atoms with van der Waals surface area (Å²) >= 11 is 1.58. The van der Waals surface area contributed by atoms with E-state index in [9.17, 15) is 4.79 Å². The van der Waals surface area contributed by atoms with Crippen LogP contribution >= 0.6 is 11.8 Å². The monoisotopic (exact) mass is 316 g/mol. The van der Waals surface area contributed by atoms with Crippen molar-refractivity contribution < 1.29 is 4.79 Å². The van der Waals surface area contributed by atoms with Gasteiger partial charge >= 0.3 is 0 Å². The number of para-hydroxylation sites is 1. The minimum absolute atomic E-state index is 0.107. The summed E-state index contributed by atoms with van der Waals surface area (Å²) in [5.74, 6) is 0.844. The maximum atomic E-state index is 12.6. The minimum Gasteiger partial charge on any atom is -0.298 e. The molecule has 0 aromatic heterocycles. The molecule has 1 N–H and O–H groups in total. The number of rotatable bonds is 3. The topological polar surface area (TPSA) is 57.1 Å². The second-order valence-electron chi connectivity index (χ2n) is 5.85. The van der Waals surface area contributed by atoms with Crippen LogP contribution in [-0.2, 0) is 4.79 Å². The van der Waals surface area contributed by atoms with Gasteiger partial charge in [-0.2, -0.15) is 0 Å². The van der Waals surface area contributed by atoms with Crippen LogP contribution in [0.3, 0.4) is 0 Å². The number of fused-ring (bicyclic) bond motifs is 2. The number of nitrogens with zero attached hydrogens (tertiary/aromatic N) is 3. The molecule has 0 fully saturated rings. The minimum atomic E-state index is -0.571. The summed E-state index contributed by atoms with van der Waals surface area (Å²) in [6.07, 6.45) is 2.23. The molecule has 0 aliphatic carbocycles. The number of benzene rings is 1. The van der Waals surface area contributed by atoms with Crippen molar-refractivity contribution in [2.24, 2.45) is 10.1 Å². The van der Waals surface area contributed by atoms with Gasteiger partial charge in [0.25, 0.3) is 5.91 Å². The summed E-state index contributed by atoms with van der Waals surface area (Å²) in [5.41, 5.74) is 0.00770. The van der Waals surface area contributed by atoms with E-state index in [4.69, 9.17) is 4.99 Å². The molecule has 0 atom stereocenters. The Morgan fingerprint density at radius 1 is 1.32 bits per heavy atom. The van der Waals surface area contributed by atoms with Crippen LogP contribution in [0.5, 0.6) is 0 Å². The highest BCUT2D eigenvalue weighted by Gasteiger charge is 2.38. The lowest BCUT2D eigenvalue weighted by Crippen LogP contribution is -2.56. The van der Waals surface area contributed by atoms with Crippen LogP contribution in [0.4, 0.5) is 0 Å². The average Bonchev–Trinajstić information content (AvgIpc) is 2.47. The molecule has 0 saturated carbocycles. The van der Waals surface area contributed by atoms with E-state index in [1.165, 1.54) is 0 Å². The van der Waals surface area contributed by atoms with Crippen LogP contribution in [0.2, 0.25) is 0 Å². The molecule has 0 radical (unpaired) electrons. The molecule has 2 heterocycles. The number of unbranched alkanes of at least 4 members (excludes halogenated alkanes) is 1. The van der Waals surface area contributed by atoms with Crippen molar-refractivity contribution in [1.82, 2.24) is 10.3 Å². The first-order chi connectivity index (χ1) is 10.5. The predicted octanol–water partition coefficient (Wildman–Crippen LogP) is 1.40. The molecule has 116 valence electrons. The quantitative estimate of drug-likeness (QED) is 0.858. The maximum absolute atomic E-state index is 12.6. The second-order valence-corrected chi connectivity index (χ2v) is 6.93. The third-order valence-corrected chi connectivity index (χ3v) is 4.60. The zero-order valence-corrected chi connectivity index (χ0v) is 13.9. The molecule has 0 bridgehead atoms. The van der Waals surface area contributed by atoms with Crippen LogP contribution in [0.15, 0.2) is 34.4 Å². The summed E-state index contributed by atoms with van der Waals surface area (Å²) < 4.78 is 0. The summed E-state index contributed by atoms with van der Waals surface area (Å²) in [5, 5.41) is 11.6. The number of amides is 1. The third-order valence-electron chi connectivity index (χ3n) is 3.65. The molecule has 1 amide bonds. The molecular weight excluding hydrogens is 296 g/mol. The van der Waals surface area contributed by atoms with Gasteiger partial charge in [-0.15, -0.1) is 5.10 Å². The van der Waals surface area contributed by atoms with Gasteiger partial charge in [0.05, 0.1) is 5.36 Å². The highest BCUT2D eigenvalue weighted by Crippen LogP contribution is 2.27. The van der Waals surface area contributed by atoms with Crippen molar-refractivity contribution >= 4 is 28.5 Å². The molecular formula is C16H20N4OS. The summed E-state index contributed by atoms with van der Waals surface area (Å²) in [6, 6.07) is 7.70. The molecule has 6 heteroatoms. The van der Waals surface area contributed by atoms with Gasteiger partial charge in [0, 0.05) is 11.0 Å². The van der Waals surface area contributed by atoms with Gasteiger partial charge in [-0.1, -0.05) is 43.3 Å². The Balaban J connectivity index is 2.07. The zero-order valence-electron chi connectivity index (χ0n) is 13.1. The molecule has 0 spiro atoms. The van der Waals surface area contributed by atoms with E-state index >= 15 is 0 Å². The Hall–Kier alpha value is -1.82. The van der Waals surface area contributed by atoms with E-state index in [2.05, 4.69) is 17.3 Å². The first kappa shape index (κ1) is 15.1. The molecule has 1 aromatic rings. The first-order valence-electron chi connectivity index (χ1n) is 7.55. The Morgan fingerprint density at radius 2 is 2.09 bits per heavy atom. The van der Waals surface area contributed by atoms with Crippen LogP contribution < -0.4 is 15.9 Å². The third kappa shape index (κ3) is 2.63. The van der Waals surface area contributed by atoms with E-state index in [0.717, 1.165) is 29.2 Å². The predicted molar refractivity (Wildman–Crippen MR) is 89.5 cm³/mol. The molecule has 0 unspecified atom stereocenters. The van der Waals surface area contributed by atoms with Gasteiger partial charge in [-0.3, -0.25) is 15.1 Å². The molecule has 2 aliphatic rings. The van der Waals surface area contributed by atoms with Crippen LogP contribution in [0.1, 0.15) is 33.6 Å². The fourth-order valence-electron chi connectivity index (χ4n) is 2.54. The van der Waals surface area contributed by atoms with Gasteiger partial charge in [0.1, 0.15) is 11.4 Å². The number of hydrogen-bond acceptors (Lipinski definition) is 5. The Bertz CT molecular complexity index is 754. The van der Waals surface area contributed by atoms with E-state index in [0.29, 0.717) is 10.9 Å². The Kier molecular flexibility index (Phi) is 3.95. The van der Waals surface area contributed by atoms with Gasteiger partial charge in [-0.05, 0) is 26.3 Å². The van der Waals surface area contributed by atoms with Crippen LogP contribution in [0, 0.1) is 0 Å². The van der Waals surface area contributed by atoms with Crippen molar-refractivity contribution in [2.45, 2.75) is 39.3 Å². The van der Waals surface area contributed by atoms with Crippen LogP contribution in [0.25, 0.3) is 5.70 Å². The van der Waals surface area contributed by atoms with Gasteiger partial charge < -0.3 is 0 Å². The van der Waals surface area contributed by atoms with E-state index in [1.54, 1.807) is 16.8 Å². The highest BCUT2D eigenvalue weighted by atomic mass is 32.2. The molecule has 1 aromatic carbocycles. The smallest absolute Gasteiger partial charge is 0.276 e. The lowest BCUT2D eigenvalue weighted by molar-refractivity contribution is -0.116. The molecule has 22 heavy (non-hydrogen) atoms. The molecule has 0 saturated heterocycles. The van der Waals surface area contributed by atoms with Crippen molar-refractivity contribution in [3.8, 4) is 0 Å². The van der Waals surface area contributed by atoms with Crippen molar-refractivity contribution in [3.63, 3.8) is 0 Å². The Morgan fingerprint density at radius 3 is 2.86 bits per heavy atom. The summed E-state index contributed by atoms with van der Waals surface area (Å²) in [7, 11) is 0. The Labute approximate surface area is 134 Å². The largest absolute Gasteiger partial charge is 0.298 e. The van der Waals surface area contributed by atoms with Crippen LogP contribution in [-0.4, -0.2) is 27.5 Å². The van der Waals surface area contributed by atoms with Gasteiger partial charge in [-0.25, -0.2) is 5.01 Å². The highest BCUT2D eigenvalue weighted by molar-refractivity contribution is 8.13. The lowest BCUT2D eigenvalue weighted by Gasteiger charge is -2.38. The van der Waals surface area contributed by atoms with Crippen molar-refractivity contribution in [2.75, 3.05) is 5.75 Å². The molecule has 5 nitrogen and oxygen atoms in total. The lowest BCUT2D eigenvalue weighted by atomic mass is 10.1. The summed E-state index contributed by atoms with van der Waals surface area (Å²) in [6.45, 7) is 6.09. The van der Waals surface area contributed by atoms with E-state index in [-0.39, 0.29) is 5.91 Å². The van der Waals surface area contributed by atoms with Crippen molar-refractivity contribution in [1.29, 1.82) is 0 Å². The van der Waals surface area contributed by atoms with Crippen molar-refractivity contribution in [3.05, 3.63) is 34.8 Å². The summed E-state index contributed by atoms with van der Waals surface area (Å²) in [4.78, 5) is 17.3. The number of amidine groups is 1. The zero-order chi connectivity index (χ0) is 15.7. The first-order valence-corrected chi connectivity index (χ1v) is 8.54. The molecule has 2 aliphatic heterocycles. The van der Waals surface area contributed by atoms with Gasteiger partial charge in [0.2, 0.25) is 0 Å². The fraction of sp³-hybridized carbons (Fsp3) is 0.438. The SMILES string of the molecule is CCCCSC1=NN2C(=c3ccccc3=NC2(C)C)C(=O)N1. The maximum Gasteiger partial charge on any atom is 0.276 e. The number of thioether (sulfide) groups is 1. The fourth-order valence-corrected chi connectivity index (χ4v) is 3.47. The molecule has 3 rings (SSSR count). The average molecular weight is 316 g/mol. The standard InChI is InChI=1S/C16H20N4OS/c1-4-5-10-22-15-17-14(21)13-11-8-6-7-9-12(11)18-16(2,3)20(13)19-15/h6-9H,4-5,10H2,1-3H3,(H,17,19,21). The number of carbonyl (C=O) groups excluding carboxylic acids is 1. The van der Waals surface area contributed by atoms with Gasteiger partial charge in [0.15, 0.2) is 5.17 Å². The van der Waals surface area contributed by atoms with E-state index < -0.39 is 5.66 Å². The number of hydrazone groups is 1. The second kappa shape index (κ2) is 5.76. The number of carbonyl (C=O) groups is 1. The normalized spacial score (nSPS) is 18.9. The number of hydrogen-bond donors (Lipinski definition) is 1.